The fraction of sp³-hybridized carbons (Fsp3) is 0.423. The van der Waals surface area contributed by atoms with Crippen LogP contribution in [0.1, 0.15) is 31.5 Å². The Balaban J connectivity index is 1.73. The van der Waals surface area contributed by atoms with Crippen LogP contribution in [0.5, 0.6) is 0 Å². The van der Waals surface area contributed by atoms with Crippen molar-refractivity contribution in [3.8, 4) is 0 Å². The minimum Gasteiger partial charge on any atom is -0.356 e. The van der Waals surface area contributed by atoms with Gasteiger partial charge < -0.3 is 19.2 Å². The fourth-order valence-electron chi connectivity index (χ4n) is 5.12. The third-order valence-corrected chi connectivity index (χ3v) is 6.80. The zero-order valence-electron chi connectivity index (χ0n) is 20.9. The number of rotatable bonds is 5. The standard InChI is InChI=1S/C26H33N7O2/c1-18(2)9-14-32-23-22(19(3)24(32)30-13-7-10-27-11-15-30)29(4)26(35)33(25(23)34)17-20-16-31-12-6-5-8-21(31)28-20/h5-6,8-9,12,16,27H,7,10-11,13-15,17H2,1-4H3. The summed E-state index contributed by atoms with van der Waals surface area (Å²) in [5.41, 5.74) is 4.29. The molecular formula is C26H33N7O2. The van der Waals surface area contributed by atoms with Crippen molar-refractivity contribution in [1.82, 2.24) is 28.4 Å². The number of pyridine rings is 1. The Morgan fingerprint density at radius 2 is 1.94 bits per heavy atom. The first kappa shape index (κ1) is 23.2. The number of aryl methyl sites for hydroxylation is 2. The van der Waals surface area contributed by atoms with Gasteiger partial charge in [-0.2, -0.15) is 0 Å². The summed E-state index contributed by atoms with van der Waals surface area (Å²) < 4.78 is 6.94. The zero-order valence-corrected chi connectivity index (χ0v) is 20.9. The minimum absolute atomic E-state index is 0.124. The zero-order chi connectivity index (χ0) is 24.7. The first-order valence-electron chi connectivity index (χ1n) is 12.2. The van der Waals surface area contributed by atoms with Gasteiger partial charge in [0.05, 0.1) is 17.8 Å². The molecule has 0 bridgehead atoms. The molecule has 4 aromatic heterocycles. The van der Waals surface area contributed by atoms with Crippen molar-refractivity contribution in [1.29, 1.82) is 0 Å². The Labute approximate surface area is 203 Å². The van der Waals surface area contributed by atoms with E-state index in [1.165, 1.54) is 10.1 Å². The molecule has 0 spiro atoms. The molecule has 0 unspecified atom stereocenters. The van der Waals surface area contributed by atoms with Crippen molar-refractivity contribution in [2.24, 2.45) is 7.05 Å². The van der Waals surface area contributed by atoms with Gasteiger partial charge in [0.2, 0.25) is 0 Å². The molecule has 1 N–H and O–H groups in total. The first-order valence-corrected chi connectivity index (χ1v) is 12.2. The van der Waals surface area contributed by atoms with Crippen LogP contribution in [0.25, 0.3) is 16.7 Å². The number of hydrogen-bond acceptors (Lipinski definition) is 5. The molecule has 0 aromatic carbocycles. The van der Waals surface area contributed by atoms with Crippen LogP contribution in [0.2, 0.25) is 0 Å². The maximum Gasteiger partial charge on any atom is 0.331 e. The number of imidazole rings is 1. The molecule has 1 aliphatic heterocycles. The van der Waals surface area contributed by atoms with Crippen molar-refractivity contribution < 1.29 is 0 Å². The van der Waals surface area contributed by atoms with Crippen molar-refractivity contribution in [3.05, 3.63) is 74.3 Å². The molecule has 0 aliphatic carbocycles. The highest BCUT2D eigenvalue weighted by Gasteiger charge is 2.26. The largest absolute Gasteiger partial charge is 0.356 e. The highest BCUT2D eigenvalue weighted by Crippen LogP contribution is 2.30. The lowest BCUT2D eigenvalue weighted by Gasteiger charge is -2.25. The van der Waals surface area contributed by atoms with E-state index in [1.54, 1.807) is 11.6 Å². The second-order valence-corrected chi connectivity index (χ2v) is 9.56. The lowest BCUT2D eigenvalue weighted by atomic mass is 10.2. The second kappa shape index (κ2) is 9.22. The lowest BCUT2D eigenvalue weighted by molar-refractivity contribution is 0.647. The van der Waals surface area contributed by atoms with E-state index in [4.69, 9.17) is 0 Å². The highest BCUT2D eigenvalue weighted by molar-refractivity contribution is 5.86. The quantitative estimate of drug-likeness (QED) is 0.448. The molecule has 1 saturated heterocycles. The van der Waals surface area contributed by atoms with Gasteiger partial charge in [0, 0.05) is 51.2 Å². The minimum atomic E-state index is -0.328. The molecule has 0 saturated carbocycles. The molecule has 184 valence electrons. The normalized spacial score (nSPS) is 14.6. The Morgan fingerprint density at radius 3 is 2.71 bits per heavy atom. The van der Waals surface area contributed by atoms with Crippen molar-refractivity contribution in [2.75, 3.05) is 31.1 Å². The molecule has 9 nitrogen and oxygen atoms in total. The average molecular weight is 476 g/mol. The third kappa shape index (κ3) is 4.10. The summed E-state index contributed by atoms with van der Waals surface area (Å²) in [5.74, 6) is 1.03. The van der Waals surface area contributed by atoms with Gasteiger partial charge in [0.15, 0.2) is 0 Å². The molecule has 35 heavy (non-hydrogen) atoms. The molecular weight excluding hydrogens is 442 g/mol. The van der Waals surface area contributed by atoms with Crippen LogP contribution >= 0.6 is 0 Å². The molecule has 1 aliphatic rings. The van der Waals surface area contributed by atoms with E-state index in [1.807, 2.05) is 41.9 Å². The summed E-state index contributed by atoms with van der Waals surface area (Å²) in [7, 11) is 1.76. The van der Waals surface area contributed by atoms with E-state index in [2.05, 4.69) is 39.7 Å². The molecule has 0 atom stereocenters. The molecule has 1 fully saturated rings. The number of allylic oxidation sites excluding steroid dienone is 2. The molecule has 5 rings (SSSR count). The Hall–Kier alpha value is -3.59. The molecule has 9 heteroatoms. The fourth-order valence-corrected chi connectivity index (χ4v) is 5.12. The van der Waals surface area contributed by atoms with E-state index < -0.39 is 0 Å². The van der Waals surface area contributed by atoms with Crippen molar-refractivity contribution in [3.63, 3.8) is 0 Å². The summed E-state index contributed by atoms with van der Waals surface area (Å²) in [6.45, 7) is 10.5. The van der Waals surface area contributed by atoms with Gasteiger partial charge >= 0.3 is 5.69 Å². The van der Waals surface area contributed by atoms with Gasteiger partial charge in [-0.1, -0.05) is 17.7 Å². The SMILES string of the molecule is CC(C)=CCn1c(N2CCCNCC2)c(C)c2c1c(=O)n(Cc1cn3ccccc3n1)c(=O)n2C. The first-order chi connectivity index (χ1) is 16.9. The van der Waals surface area contributed by atoms with Gasteiger partial charge in [-0.3, -0.25) is 13.9 Å². The van der Waals surface area contributed by atoms with E-state index in [-0.39, 0.29) is 17.8 Å². The molecule has 0 radical (unpaired) electrons. The monoisotopic (exact) mass is 475 g/mol. The van der Waals surface area contributed by atoms with Gasteiger partial charge in [0.25, 0.3) is 5.56 Å². The van der Waals surface area contributed by atoms with E-state index in [0.717, 1.165) is 49.6 Å². The number of fused-ring (bicyclic) bond motifs is 2. The number of aromatic nitrogens is 5. The number of anilines is 1. The van der Waals surface area contributed by atoms with Crippen LogP contribution in [-0.2, 0) is 20.1 Å². The topological polar surface area (TPSA) is 81.5 Å². The van der Waals surface area contributed by atoms with Crippen LogP contribution in [0.15, 0.2) is 51.8 Å². The van der Waals surface area contributed by atoms with Crippen LogP contribution in [-0.4, -0.2) is 49.3 Å². The number of nitrogens with one attached hydrogen (secondary N) is 1. The van der Waals surface area contributed by atoms with E-state index in [9.17, 15) is 9.59 Å². The summed E-state index contributed by atoms with van der Waals surface area (Å²) in [6, 6.07) is 5.75. The molecule has 4 aromatic rings. The van der Waals surface area contributed by atoms with Gasteiger partial charge in [0.1, 0.15) is 17.0 Å². The highest BCUT2D eigenvalue weighted by atomic mass is 16.2. The Morgan fingerprint density at radius 1 is 1.11 bits per heavy atom. The molecule has 0 amide bonds. The predicted octanol–water partition coefficient (Wildman–Crippen LogP) is 2.27. The van der Waals surface area contributed by atoms with E-state index >= 15 is 0 Å². The van der Waals surface area contributed by atoms with Crippen LogP contribution in [0, 0.1) is 6.92 Å². The van der Waals surface area contributed by atoms with Crippen LogP contribution in [0.3, 0.4) is 0 Å². The van der Waals surface area contributed by atoms with Gasteiger partial charge in [-0.25, -0.2) is 9.78 Å². The van der Waals surface area contributed by atoms with Crippen molar-refractivity contribution in [2.45, 2.75) is 40.3 Å². The van der Waals surface area contributed by atoms with Gasteiger partial charge in [-0.15, -0.1) is 0 Å². The van der Waals surface area contributed by atoms with Crippen LogP contribution in [0.4, 0.5) is 5.82 Å². The second-order valence-electron chi connectivity index (χ2n) is 9.56. The number of hydrogen-bond donors (Lipinski definition) is 1. The average Bonchev–Trinajstić information content (AvgIpc) is 3.25. The van der Waals surface area contributed by atoms with Gasteiger partial charge in [-0.05, 0) is 45.9 Å². The summed E-state index contributed by atoms with van der Waals surface area (Å²) in [4.78, 5) is 34.3. The number of nitrogens with zero attached hydrogens (tertiary/aromatic N) is 6. The van der Waals surface area contributed by atoms with Crippen LogP contribution < -0.4 is 21.5 Å². The smallest absolute Gasteiger partial charge is 0.331 e. The summed E-state index contributed by atoms with van der Waals surface area (Å²) in [6.07, 6.45) is 6.94. The van der Waals surface area contributed by atoms with Crippen molar-refractivity contribution >= 4 is 22.5 Å². The Kier molecular flexibility index (Phi) is 6.10. The van der Waals surface area contributed by atoms with E-state index in [0.29, 0.717) is 23.3 Å². The Bertz CT molecular complexity index is 1500. The summed E-state index contributed by atoms with van der Waals surface area (Å²) in [5, 5.41) is 3.46. The lowest BCUT2D eigenvalue weighted by Crippen LogP contribution is -2.40. The maximum atomic E-state index is 13.9. The summed E-state index contributed by atoms with van der Waals surface area (Å²) >= 11 is 0. The molecule has 5 heterocycles. The maximum absolute atomic E-state index is 13.9. The third-order valence-electron chi connectivity index (χ3n) is 6.80. The predicted molar refractivity (Wildman–Crippen MR) is 140 cm³/mol.